The Kier molecular flexibility index (Phi) is 9.36. The van der Waals surface area contributed by atoms with Crippen LogP contribution in [0.15, 0.2) is 23.2 Å². The number of hydrogen-bond donors (Lipinski definition) is 2. The number of unbranched alkanes of at least 4 members (excludes halogenated alkanes) is 1. The van der Waals surface area contributed by atoms with Gasteiger partial charge in [-0.2, -0.15) is 0 Å². The predicted molar refractivity (Wildman–Crippen MR) is 117 cm³/mol. The highest BCUT2D eigenvalue weighted by molar-refractivity contribution is 7.89. The van der Waals surface area contributed by atoms with E-state index in [1.165, 1.54) is 50.3 Å². The SMILES string of the molecule is CN=C(NCCCCN1CCCCC1C)NCc1cc(F)ccc1CS(C)(=O)=O. The van der Waals surface area contributed by atoms with Gasteiger partial charge in [0.15, 0.2) is 15.8 Å². The van der Waals surface area contributed by atoms with Gasteiger partial charge in [0.1, 0.15) is 5.82 Å². The Labute approximate surface area is 174 Å². The number of nitrogens with one attached hydrogen (secondary N) is 2. The third-order valence-electron chi connectivity index (χ3n) is 5.36. The largest absolute Gasteiger partial charge is 0.356 e. The Hall–Kier alpha value is -1.67. The van der Waals surface area contributed by atoms with Crippen LogP contribution in [0.1, 0.15) is 50.2 Å². The van der Waals surface area contributed by atoms with Crippen molar-refractivity contribution in [1.82, 2.24) is 15.5 Å². The predicted octanol–water partition coefficient (Wildman–Crippen LogP) is 2.69. The Bertz CT molecular complexity index is 783. The molecule has 2 N–H and O–H groups in total. The quantitative estimate of drug-likeness (QED) is 0.361. The summed E-state index contributed by atoms with van der Waals surface area (Å²) in [5.41, 5.74) is 1.23. The summed E-state index contributed by atoms with van der Waals surface area (Å²) < 4.78 is 36.9. The van der Waals surface area contributed by atoms with Gasteiger partial charge in [0, 0.05) is 32.4 Å². The second kappa shape index (κ2) is 11.5. The number of likely N-dealkylation sites (tertiary alicyclic amines) is 1. The molecule has 1 aromatic carbocycles. The average molecular weight is 427 g/mol. The van der Waals surface area contributed by atoms with Crippen LogP contribution in [-0.4, -0.2) is 58.3 Å². The van der Waals surface area contributed by atoms with Crippen LogP contribution in [0.5, 0.6) is 0 Å². The van der Waals surface area contributed by atoms with Crippen LogP contribution < -0.4 is 10.6 Å². The minimum atomic E-state index is -3.19. The summed E-state index contributed by atoms with van der Waals surface area (Å²) in [7, 11) is -1.50. The number of piperidine rings is 1. The van der Waals surface area contributed by atoms with E-state index in [0.717, 1.165) is 25.9 Å². The minimum absolute atomic E-state index is 0.106. The first kappa shape index (κ1) is 23.6. The van der Waals surface area contributed by atoms with Crippen LogP contribution >= 0.6 is 0 Å². The van der Waals surface area contributed by atoms with Gasteiger partial charge in [-0.15, -0.1) is 0 Å². The highest BCUT2D eigenvalue weighted by Crippen LogP contribution is 2.17. The van der Waals surface area contributed by atoms with Crippen molar-refractivity contribution in [2.75, 3.05) is 32.9 Å². The van der Waals surface area contributed by atoms with Crippen molar-refractivity contribution >= 4 is 15.8 Å². The Morgan fingerprint density at radius 3 is 2.72 bits per heavy atom. The topological polar surface area (TPSA) is 73.8 Å². The number of halogens is 1. The Morgan fingerprint density at radius 1 is 1.24 bits per heavy atom. The molecule has 0 spiro atoms. The lowest BCUT2D eigenvalue weighted by Gasteiger charge is -2.33. The van der Waals surface area contributed by atoms with Crippen LogP contribution in [0.2, 0.25) is 0 Å². The van der Waals surface area contributed by atoms with E-state index in [1.807, 2.05) is 0 Å². The molecule has 0 bridgehead atoms. The van der Waals surface area contributed by atoms with E-state index in [-0.39, 0.29) is 11.6 Å². The molecule has 0 aromatic heterocycles. The van der Waals surface area contributed by atoms with Crippen LogP contribution in [0.4, 0.5) is 4.39 Å². The molecule has 0 amide bonds. The van der Waals surface area contributed by atoms with Gasteiger partial charge < -0.3 is 15.5 Å². The molecule has 6 nitrogen and oxygen atoms in total. The molecule has 29 heavy (non-hydrogen) atoms. The van der Waals surface area contributed by atoms with E-state index in [9.17, 15) is 12.8 Å². The summed E-state index contributed by atoms with van der Waals surface area (Å²) in [6.07, 6.45) is 7.31. The number of nitrogens with zero attached hydrogens (tertiary/aromatic N) is 2. The molecule has 1 aliphatic heterocycles. The summed E-state index contributed by atoms with van der Waals surface area (Å²) in [6, 6.07) is 4.89. The normalized spacial score (nSPS) is 18.6. The number of guanidine groups is 1. The number of benzene rings is 1. The molecule has 1 atom stereocenters. The number of hydrogen-bond acceptors (Lipinski definition) is 4. The minimum Gasteiger partial charge on any atom is -0.356 e. The molecule has 1 heterocycles. The third-order valence-corrected chi connectivity index (χ3v) is 6.20. The van der Waals surface area contributed by atoms with Crippen molar-refractivity contribution < 1.29 is 12.8 Å². The van der Waals surface area contributed by atoms with Gasteiger partial charge in [0.2, 0.25) is 0 Å². The van der Waals surface area contributed by atoms with Gasteiger partial charge >= 0.3 is 0 Å². The highest BCUT2D eigenvalue weighted by Gasteiger charge is 2.17. The first-order valence-corrected chi connectivity index (χ1v) is 12.5. The zero-order valence-corrected chi connectivity index (χ0v) is 18.7. The highest BCUT2D eigenvalue weighted by atomic mass is 32.2. The molecular formula is C21H35FN4O2S. The summed E-state index contributed by atoms with van der Waals surface area (Å²) in [6.45, 7) is 5.77. The summed E-state index contributed by atoms with van der Waals surface area (Å²) >= 11 is 0. The monoisotopic (exact) mass is 426 g/mol. The fourth-order valence-electron chi connectivity index (χ4n) is 3.72. The van der Waals surface area contributed by atoms with E-state index in [1.54, 1.807) is 7.05 Å². The summed E-state index contributed by atoms with van der Waals surface area (Å²) in [5, 5.41) is 6.43. The second-order valence-corrected chi connectivity index (χ2v) is 10.1. The maximum absolute atomic E-state index is 13.6. The van der Waals surface area contributed by atoms with Gasteiger partial charge in [-0.05, 0) is 69.0 Å². The second-order valence-electron chi connectivity index (χ2n) is 7.92. The van der Waals surface area contributed by atoms with Gasteiger partial charge in [-0.25, -0.2) is 12.8 Å². The van der Waals surface area contributed by atoms with Crippen molar-refractivity contribution in [3.63, 3.8) is 0 Å². The number of sulfone groups is 1. The molecule has 0 saturated carbocycles. The van der Waals surface area contributed by atoms with E-state index in [4.69, 9.17) is 0 Å². The fraction of sp³-hybridized carbons (Fsp3) is 0.667. The zero-order chi connectivity index (χ0) is 21.3. The lowest BCUT2D eigenvalue weighted by Crippen LogP contribution is -2.39. The molecule has 1 unspecified atom stereocenters. The smallest absolute Gasteiger partial charge is 0.191 e. The third kappa shape index (κ3) is 8.70. The van der Waals surface area contributed by atoms with Crippen molar-refractivity contribution in [1.29, 1.82) is 0 Å². The van der Waals surface area contributed by atoms with Gasteiger partial charge in [-0.1, -0.05) is 12.5 Å². The van der Waals surface area contributed by atoms with E-state index >= 15 is 0 Å². The van der Waals surface area contributed by atoms with Crippen LogP contribution in [0, 0.1) is 5.82 Å². The standard InChI is InChI=1S/C21H35FN4O2S/c1-17-8-4-6-12-26(17)13-7-5-11-24-21(23-2)25-15-19-14-20(22)10-9-18(19)16-29(3,27)28/h9-10,14,17H,4-8,11-13,15-16H2,1-3H3,(H2,23,24,25). The van der Waals surface area contributed by atoms with Gasteiger partial charge in [-0.3, -0.25) is 4.99 Å². The van der Waals surface area contributed by atoms with E-state index in [0.29, 0.717) is 29.7 Å². The molecular weight excluding hydrogens is 391 g/mol. The van der Waals surface area contributed by atoms with Crippen molar-refractivity contribution in [3.05, 3.63) is 35.1 Å². The molecule has 0 radical (unpaired) electrons. The maximum Gasteiger partial charge on any atom is 0.191 e. The molecule has 1 saturated heterocycles. The average Bonchev–Trinajstić information content (AvgIpc) is 2.66. The van der Waals surface area contributed by atoms with Crippen molar-refractivity contribution in [2.45, 2.75) is 57.4 Å². The first-order valence-electron chi connectivity index (χ1n) is 10.4. The Balaban J connectivity index is 1.77. The van der Waals surface area contributed by atoms with Gasteiger partial charge in [0.05, 0.1) is 5.75 Å². The van der Waals surface area contributed by atoms with Crippen LogP contribution in [-0.2, 0) is 22.1 Å². The number of rotatable bonds is 9. The molecule has 0 aliphatic carbocycles. The van der Waals surface area contributed by atoms with Crippen LogP contribution in [0.3, 0.4) is 0 Å². The van der Waals surface area contributed by atoms with Crippen molar-refractivity contribution in [3.8, 4) is 0 Å². The molecule has 1 aliphatic rings. The molecule has 164 valence electrons. The summed E-state index contributed by atoms with van der Waals surface area (Å²) in [5.74, 6) is 0.144. The van der Waals surface area contributed by atoms with E-state index < -0.39 is 9.84 Å². The first-order chi connectivity index (χ1) is 13.8. The maximum atomic E-state index is 13.6. The number of aliphatic imine (C=N–C) groups is 1. The summed E-state index contributed by atoms with van der Waals surface area (Å²) in [4.78, 5) is 6.77. The lowest BCUT2D eigenvalue weighted by atomic mass is 10.0. The molecule has 2 rings (SSSR count). The molecule has 1 fully saturated rings. The lowest BCUT2D eigenvalue weighted by molar-refractivity contribution is 0.158. The van der Waals surface area contributed by atoms with Crippen molar-refractivity contribution in [2.24, 2.45) is 4.99 Å². The van der Waals surface area contributed by atoms with Crippen LogP contribution in [0.25, 0.3) is 0 Å². The van der Waals surface area contributed by atoms with Gasteiger partial charge in [0.25, 0.3) is 0 Å². The van der Waals surface area contributed by atoms with E-state index in [2.05, 4.69) is 27.4 Å². The Morgan fingerprint density at radius 2 is 2.03 bits per heavy atom. The molecule has 1 aromatic rings. The zero-order valence-electron chi connectivity index (χ0n) is 17.9. The molecule has 8 heteroatoms. The fourth-order valence-corrected chi connectivity index (χ4v) is 4.56.